The molecule has 0 fully saturated rings. The number of carbonyl (C=O) groups is 1. The number of carbonyl (C=O) groups excluding carboxylic acids is 1. The monoisotopic (exact) mass is 440 g/mol. The number of halogens is 1. The van der Waals surface area contributed by atoms with Crippen LogP contribution in [0.2, 0.25) is 0 Å². The van der Waals surface area contributed by atoms with Gasteiger partial charge in [-0.3, -0.25) is 4.79 Å². The maximum Gasteiger partial charge on any atom is 0.163 e. The molecule has 0 saturated heterocycles. The van der Waals surface area contributed by atoms with Gasteiger partial charge in [0.05, 0.1) is 23.6 Å². The number of ketones is 1. The lowest BCUT2D eigenvalue weighted by Crippen LogP contribution is -2.21. The third-order valence-corrected chi connectivity index (χ3v) is 6.30. The molecule has 1 aromatic heterocycles. The molecule has 5 nitrogen and oxygen atoms in total. The van der Waals surface area contributed by atoms with E-state index in [1.165, 1.54) is 12.1 Å². The molecule has 0 aliphatic carbocycles. The Morgan fingerprint density at radius 3 is 2.55 bits per heavy atom. The van der Waals surface area contributed by atoms with Crippen LogP contribution in [0.4, 0.5) is 15.8 Å². The van der Waals surface area contributed by atoms with E-state index in [9.17, 15) is 9.18 Å². The van der Waals surface area contributed by atoms with Crippen molar-refractivity contribution in [3.63, 3.8) is 0 Å². The summed E-state index contributed by atoms with van der Waals surface area (Å²) in [6, 6.07) is 22.5. The fraction of sp³-hybridized carbons (Fsp3) is 0.222. The van der Waals surface area contributed by atoms with Gasteiger partial charge in [-0.25, -0.2) is 9.07 Å². The summed E-state index contributed by atoms with van der Waals surface area (Å²) in [5.41, 5.74) is 6.54. The number of fused-ring (bicyclic) bond motifs is 3. The maximum atomic E-state index is 13.3. The van der Waals surface area contributed by atoms with Crippen LogP contribution in [-0.4, -0.2) is 27.3 Å². The lowest BCUT2D eigenvalue weighted by Gasteiger charge is -2.25. The summed E-state index contributed by atoms with van der Waals surface area (Å²) >= 11 is 0. The van der Waals surface area contributed by atoms with Crippen molar-refractivity contribution in [1.82, 2.24) is 15.0 Å². The number of rotatable bonds is 5. The molecule has 0 bridgehead atoms. The Morgan fingerprint density at radius 1 is 1.03 bits per heavy atom. The van der Waals surface area contributed by atoms with Crippen LogP contribution in [-0.2, 0) is 6.54 Å². The number of anilines is 2. The van der Waals surface area contributed by atoms with Crippen molar-refractivity contribution in [2.24, 2.45) is 0 Å². The standard InChI is InChI=1S/C27H25FN4O/c1-18(20-8-11-22(28)12-9-20)16-26(33)21-10-13-24-25(17-21)31(23-6-4-3-5-7-23)14-15-32-27(24)19(2)29-30-32/h3-13,17-18H,14-16H2,1-2H3/t18-/m1/s1. The Balaban J connectivity index is 1.52. The van der Waals surface area contributed by atoms with Crippen molar-refractivity contribution in [1.29, 1.82) is 0 Å². The summed E-state index contributed by atoms with van der Waals surface area (Å²) in [7, 11) is 0. The van der Waals surface area contributed by atoms with E-state index in [0.29, 0.717) is 18.5 Å². The lowest BCUT2D eigenvalue weighted by molar-refractivity contribution is 0.0975. The molecule has 1 aliphatic heterocycles. The molecule has 0 N–H and O–H groups in total. The quantitative estimate of drug-likeness (QED) is 0.362. The first-order valence-corrected chi connectivity index (χ1v) is 11.2. The van der Waals surface area contributed by atoms with E-state index in [1.807, 2.05) is 54.9 Å². The summed E-state index contributed by atoms with van der Waals surface area (Å²) in [6.07, 6.45) is 0.355. The summed E-state index contributed by atoms with van der Waals surface area (Å²) in [5.74, 6) is -0.210. The average Bonchev–Trinajstić information content (AvgIpc) is 3.11. The molecule has 0 radical (unpaired) electrons. The summed E-state index contributed by atoms with van der Waals surface area (Å²) in [6.45, 7) is 5.38. The van der Waals surface area contributed by atoms with Gasteiger partial charge in [0.15, 0.2) is 5.78 Å². The summed E-state index contributed by atoms with van der Waals surface area (Å²) in [5, 5.41) is 8.60. The third kappa shape index (κ3) is 4.04. The molecular weight excluding hydrogens is 415 g/mol. The highest BCUT2D eigenvalue weighted by Crippen LogP contribution is 2.39. The van der Waals surface area contributed by atoms with Crippen LogP contribution < -0.4 is 4.90 Å². The van der Waals surface area contributed by atoms with E-state index in [4.69, 9.17) is 0 Å². The van der Waals surface area contributed by atoms with Crippen LogP contribution in [0.3, 0.4) is 0 Å². The largest absolute Gasteiger partial charge is 0.339 e. The Bertz CT molecular complexity index is 1300. The number of aromatic nitrogens is 3. The number of benzene rings is 3. The highest BCUT2D eigenvalue weighted by atomic mass is 19.1. The average molecular weight is 441 g/mol. The van der Waals surface area contributed by atoms with Gasteiger partial charge in [0, 0.05) is 29.8 Å². The Kier molecular flexibility index (Phi) is 5.50. The molecule has 0 saturated carbocycles. The second-order valence-electron chi connectivity index (χ2n) is 8.55. The third-order valence-electron chi connectivity index (χ3n) is 6.30. The minimum absolute atomic E-state index is 0.00462. The van der Waals surface area contributed by atoms with Gasteiger partial charge in [0.2, 0.25) is 0 Å². The minimum Gasteiger partial charge on any atom is -0.339 e. The van der Waals surface area contributed by atoms with E-state index in [0.717, 1.165) is 40.4 Å². The van der Waals surface area contributed by atoms with Crippen LogP contribution in [0.1, 0.15) is 40.9 Å². The van der Waals surface area contributed by atoms with Gasteiger partial charge < -0.3 is 4.90 Å². The molecule has 33 heavy (non-hydrogen) atoms. The number of aryl methyl sites for hydroxylation is 1. The van der Waals surface area contributed by atoms with Gasteiger partial charge in [-0.1, -0.05) is 48.5 Å². The van der Waals surface area contributed by atoms with Crippen molar-refractivity contribution in [3.8, 4) is 11.3 Å². The zero-order valence-electron chi connectivity index (χ0n) is 18.7. The normalized spacial score (nSPS) is 13.7. The minimum atomic E-state index is -0.270. The topological polar surface area (TPSA) is 51.0 Å². The predicted molar refractivity (Wildman–Crippen MR) is 127 cm³/mol. The SMILES string of the molecule is Cc1nnn2c1-c1ccc(C(=O)C[C@@H](C)c3ccc(F)cc3)cc1N(c1ccccc1)CC2. The van der Waals surface area contributed by atoms with Gasteiger partial charge in [0.25, 0.3) is 0 Å². The fourth-order valence-corrected chi connectivity index (χ4v) is 4.52. The van der Waals surface area contributed by atoms with Crippen molar-refractivity contribution in [3.05, 3.63) is 95.4 Å². The number of Topliss-reactive ketones (excluding diaryl/α,β-unsaturated/α-hetero) is 1. The van der Waals surface area contributed by atoms with E-state index in [-0.39, 0.29) is 17.5 Å². The molecule has 2 heterocycles. The van der Waals surface area contributed by atoms with Crippen LogP contribution in [0.15, 0.2) is 72.8 Å². The molecular formula is C27H25FN4O. The van der Waals surface area contributed by atoms with E-state index >= 15 is 0 Å². The Morgan fingerprint density at radius 2 is 1.79 bits per heavy atom. The molecule has 0 amide bonds. The van der Waals surface area contributed by atoms with Crippen molar-refractivity contribution >= 4 is 17.2 Å². The summed E-state index contributed by atoms with van der Waals surface area (Å²) in [4.78, 5) is 15.5. The van der Waals surface area contributed by atoms with E-state index in [2.05, 4.69) is 27.3 Å². The van der Waals surface area contributed by atoms with Gasteiger partial charge in [-0.2, -0.15) is 0 Å². The van der Waals surface area contributed by atoms with Crippen molar-refractivity contribution in [2.45, 2.75) is 32.7 Å². The molecule has 1 aliphatic rings. The molecule has 1 atom stereocenters. The maximum absolute atomic E-state index is 13.3. The molecule has 4 aromatic rings. The first-order chi connectivity index (χ1) is 16.0. The zero-order chi connectivity index (χ0) is 22.9. The highest BCUT2D eigenvalue weighted by Gasteiger charge is 2.25. The smallest absolute Gasteiger partial charge is 0.163 e. The second-order valence-corrected chi connectivity index (χ2v) is 8.55. The van der Waals surface area contributed by atoms with E-state index in [1.54, 1.807) is 12.1 Å². The number of hydrogen-bond acceptors (Lipinski definition) is 4. The number of para-hydroxylation sites is 1. The van der Waals surface area contributed by atoms with Gasteiger partial charge in [-0.15, -0.1) is 5.10 Å². The van der Waals surface area contributed by atoms with Gasteiger partial charge in [-0.05, 0) is 54.8 Å². The van der Waals surface area contributed by atoms with Crippen LogP contribution >= 0.6 is 0 Å². The highest BCUT2D eigenvalue weighted by molar-refractivity contribution is 5.99. The number of hydrogen-bond donors (Lipinski definition) is 0. The molecule has 0 spiro atoms. The van der Waals surface area contributed by atoms with Crippen LogP contribution in [0, 0.1) is 12.7 Å². The molecule has 3 aromatic carbocycles. The lowest BCUT2D eigenvalue weighted by atomic mass is 9.92. The second kappa shape index (κ2) is 8.62. The number of nitrogens with zero attached hydrogens (tertiary/aromatic N) is 4. The van der Waals surface area contributed by atoms with Gasteiger partial charge >= 0.3 is 0 Å². The molecule has 166 valence electrons. The first-order valence-electron chi connectivity index (χ1n) is 11.2. The van der Waals surface area contributed by atoms with E-state index < -0.39 is 0 Å². The fourth-order valence-electron chi connectivity index (χ4n) is 4.52. The Labute approximate surface area is 192 Å². The zero-order valence-corrected chi connectivity index (χ0v) is 18.7. The predicted octanol–water partition coefficient (Wildman–Crippen LogP) is 5.92. The first kappa shape index (κ1) is 21.1. The van der Waals surface area contributed by atoms with Crippen molar-refractivity contribution < 1.29 is 9.18 Å². The van der Waals surface area contributed by atoms with Gasteiger partial charge in [0.1, 0.15) is 5.82 Å². The Hall–Kier alpha value is -3.80. The molecule has 6 heteroatoms. The van der Waals surface area contributed by atoms with Crippen LogP contribution in [0.5, 0.6) is 0 Å². The molecule has 0 unspecified atom stereocenters. The van der Waals surface area contributed by atoms with Crippen LogP contribution in [0.25, 0.3) is 11.3 Å². The molecule has 5 rings (SSSR count). The van der Waals surface area contributed by atoms with Crippen molar-refractivity contribution in [2.75, 3.05) is 11.4 Å². The summed E-state index contributed by atoms with van der Waals surface area (Å²) < 4.78 is 15.2.